The maximum Gasteiger partial charge on any atom is 0.410 e. The fraction of sp³-hybridized carbons (Fsp3) is 0.600. The molecule has 2 rings (SSSR count). The summed E-state index contributed by atoms with van der Waals surface area (Å²) in [7, 11) is 1.63. The van der Waals surface area contributed by atoms with Crippen LogP contribution in [0.2, 0.25) is 0 Å². The number of piperazine rings is 1. The standard InChI is InChI=1S/C20H32N4O4.HI/c1-15(27-17-8-6-16(26-5)7-9-17)14-22-18(21)23-10-12-24(13-11-23)19(25)28-20(2,3)4;/h6-9,15H,10-14H2,1-5H3,(H2,21,22);1H. The second-order valence-electron chi connectivity index (χ2n) is 7.76. The lowest BCUT2D eigenvalue weighted by atomic mass is 10.2. The van der Waals surface area contributed by atoms with Crippen LogP contribution >= 0.6 is 24.0 Å². The monoisotopic (exact) mass is 520 g/mol. The van der Waals surface area contributed by atoms with E-state index in [2.05, 4.69) is 4.99 Å². The van der Waals surface area contributed by atoms with E-state index < -0.39 is 5.60 Å². The predicted molar refractivity (Wildman–Crippen MR) is 124 cm³/mol. The van der Waals surface area contributed by atoms with E-state index >= 15 is 0 Å². The Balaban J connectivity index is 0.00000420. The molecule has 0 radical (unpaired) electrons. The van der Waals surface area contributed by atoms with E-state index in [0.29, 0.717) is 38.7 Å². The van der Waals surface area contributed by atoms with Crippen molar-refractivity contribution >= 4 is 36.0 Å². The number of benzene rings is 1. The maximum atomic E-state index is 12.1. The van der Waals surface area contributed by atoms with E-state index in [-0.39, 0.29) is 36.2 Å². The molecule has 1 heterocycles. The van der Waals surface area contributed by atoms with Crippen molar-refractivity contribution in [3.63, 3.8) is 0 Å². The molecule has 0 saturated carbocycles. The van der Waals surface area contributed by atoms with Crippen LogP contribution in [0.4, 0.5) is 4.79 Å². The molecule has 1 saturated heterocycles. The lowest BCUT2D eigenvalue weighted by molar-refractivity contribution is 0.0186. The molecule has 0 spiro atoms. The van der Waals surface area contributed by atoms with Gasteiger partial charge in [-0.1, -0.05) is 0 Å². The molecule has 2 N–H and O–H groups in total. The highest BCUT2D eigenvalue weighted by atomic mass is 127. The zero-order valence-electron chi connectivity index (χ0n) is 17.9. The normalized spacial score (nSPS) is 16.0. The number of halogens is 1. The summed E-state index contributed by atoms with van der Waals surface area (Å²) in [4.78, 5) is 20.2. The van der Waals surface area contributed by atoms with Crippen molar-refractivity contribution in [2.75, 3.05) is 39.8 Å². The molecule has 164 valence electrons. The van der Waals surface area contributed by atoms with Crippen molar-refractivity contribution in [3.8, 4) is 11.5 Å². The van der Waals surface area contributed by atoms with Crippen molar-refractivity contribution in [1.82, 2.24) is 9.80 Å². The molecule has 1 fully saturated rings. The second kappa shape index (κ2) is 11.3. The lowest BCUT2D eigenvalue weighted by Gasteiger charge is -2.36. The van der Waals surface area contributed by atoms with Gasteiger partial charge in [0.2, 0.25) is 0 Å². The third-order valence-electron chi connectivity index (χ3n) is 4.16. The van der Waals surface area contributed by atoms with Crippen molar-refractivity contribution in [2.45, 2.75) is 39.4 Å². The van der Waals surface area contributed by atoms with Crippen LogP contribution in [0.5, 0.6) is 11.5 Å². The zero-order chi connectivity index (χ0) is 20.7. The minimum absolute atomic E-state index is 0. The Labute approximate surface area is 190 Å². The van der Waals surface area contributed by atoms with Gasteiger partial charge in [-0.3, -0.25) is 0 Å². The minimum Gasteiger partial charge on any atom is -0.497 e. The smallest absolute Gasteiger partial charge is 0.410 e. The van der Waals surface area contributed by atoms with Crippen molar-refractivity contribution in [3.05, 3.63) is 24.3 Å². The third kappa shape index (κ3) is 8.55. The molecule has 0 aromatic heterocycles. The molecule has 1 aliphatic heterocycles. The molecule has 1 aromatic rings. The predicted octanol–water partition coefficient (Wildman–Crippen LogP) is 2.95. The van der Waals surface area contributed by atoms with Gasteiger partial charge in [0.1, 0.15) is 23.2 Å². The van der Waals surface area contributed by atoms with Gasteiger partial charge in [-0.2, -0.15) is 0 Å². The SMILES string of the molecule is COc1ccc(OC(C)CN=C(N)N2CCN(C(=O)OC(C)(C)C)CC2)cc1.I. The first-order chi connectivity index (χ1) is 13.2. The van der Waals surface area contributed by atoms with Crippen molar-refractivity contribution in [1.29, 1.82) is 0 Å². The molecular weight excluding hydrogens is 487 g/mol. The lowest BCUT2D eigenvalue weighted by Crippen LogP contribution is -2.53. The summed E-state index contributed by atoms with van der Waals surface area (Å²) in [6.45, 7) is 10.4. The number of amides is 1. The topological polar surface area (TPSA) is 89.6 Å². The highest BCUT2D eigenvalue weighted by Gasteiger charge is 2.26. The molecule has 29 heavy (non-hydrogen) atoms. The maximum absolute atomic E-state index is 12.1. The number of carbonyl (C=O) groups is 1. The van der Waals surface area contributed by atoms with Crippen LogP contribution in [0.3, 0.4) is 0 Å². The first-order valence-corrected chi connectivity index (χ1v) is 9.51. The quantitative estimate of drug-likeness (QED) is 0.365. The van der Waals surface area contributed by atoms with Gasteiger partial charge in [-0.25, -0.2) is 9.79 Å². The van der Waals surface area contributed by atoms with Gasteiger partial charge in [0, 0.05) is 26.2 Å². The van der Waals surface area contributed by atoms with Gasteiger partial charge < -0.3 is 29.7 Å². The van der Waals surface area contributed by atoms with Gasteiger partial charge in [0.05, 0.1) is 13.7 Å². The molecular formula is C20H33IN4O4. The average molecular weight is 520 g/mol. The molecule has 1 unspecified atom stereocenters. The third-order valence-corrected chi connectivity index (χ3v) is 4.16. The van der Waals surface area contributed by atoms with Gasteiger partial charge >= 0.3 is 6.09 Å². The highest BCUT2D eigenvalue weighted by molar-refractivity contribution is 14.0. The number of guanidine groups is 1. The number of nitrogens with zero attached hydrogens (tertiary/aromatic N) is 3. The second-order valence-corrected chi connectivity index (χ2v) is 7.76. The first kappa shape index (κ1) is 25.1. The van der Waals surface area contributed by atoms with E-state index in [1.807, 2.05) is 56.9 Å². The Bertz CT molecular complexity index is 668. The number of ether oxygens (including phenoxy) is 3. The van der Waals surface area contributed by atoms with E-state index in [9.17, 15) is 4.79 Å². The summed E-state index contributed by atoms with van der Waals surface area (Å²) in [5, 5.41) is 0. The fourth-order valence-corrected chi connectivity index (χ4v) is 2.69. The zero-order valence-corrected chi connectivity index (χ0v) is 20.2. The fourth-order valence-electron chi connectivity index (χ4n) is 2.69. The number of hydrogen-bond acceptors (Lipinski definition) is 5. The molecule has 1 aromatic carbocycles. The van der Waals surface area contributed by atoms with Gasteiger partial charge in [-0.05, 0) is 52.0 Å². The molecule has 0 aliphatic carbocycles. The molecule has 1 amide bonds. The Morgan fingerprint density at radius 3 is 2.14 bits per heavy atom. The Morgan fingerprint density at radius 1 is 1.10 bits per heavy atom. The summed E-state index contributed by atoms with van der Waals surface area (Å²) in [5.41, 5.74) is 5.63. The molecule has 0 bridgehead atoms. The van der Waals surface area contributed by atoms with Crippen LogP contribution in [-0.4, -0.2) is 73.4 Å². The highest BCUT2D eigenvalue weighted by Crippen LogP contribution is 2.18. The molecule has 1 aliphatic rings. The van der Waals surface area contributed by atoms with E-state index in [1.165, 1.54) is 0 Å². The summed E-state index contributed by atoms with van der Waals surface area (Å²) in [6.07, 6.45) is -0.404. The van der Waals surface area contributed by atoms with Gasteiger partial charge in [0.15, 0.2) is 5.96 Å². The molecule has 9 heteroatoms. The number of aliphatic imine (C=N–C) groups is 1. The summed E-state index contributed by atoms with van der Waals surface area (Å²) in [5.74, 6) is 2.01. The Kier molecular flexibility index (Phi) is 9.81. The largest absolute Gasteiger partial charge is 0.497 e. The number of methoxy groups -OCH3 is 1. The molecule has 8 nitrogen and oxygen atoms in total. The Hall–Kier alpha value is -1.91. The average Bonchev–Trinajstić information content (AvgIpc) is 2.65. The van der Waals surface area contributed by atoms with Crippen molar-refractivity contribution < 1.29 is 19.0 Å². The summed E-state index contributed by atoms with van der Waals surface area (Å²) >= 11 is 0. The first-order valence-electron chi connectivity index (χ1n) is 9.51. The van der Waals surface area contributed by atoms with Crippen LogP contribution in [0.1, 0.15) is 27.7 Å². The van der Waals surface area contributed by atoms with E-state index in [0.717, 1.165) is 11.5 Å². The number of hydrogen-bond donors (Lipinski definition) is 1. The van der Waals surface area contributed by atoms with Crippen LogP contribution in [0.25, 0.3) is 0 Å². The van der Waals surface area contributed by atoms with E-state index in [4.69, 9.17) is 19.9 Å². The number of nitrogens with two attached hydrogens (primary N) is 1. The Morgan fingerprint density at radius 2 is 1.62 bits per heavy atom. The van der Waals surface area contributed by atoms with Crippen molar-refractivity contribution in [2.24, 2.45) is 10.7 Å². The van der Waals surface area contributed by atoms with Crippen LogP contribution in [0, 0.1) is 0 Å². The van der Waals surface area contributed by atoms with Crippen LogP contribution < -0.4 is 15.2 Å². The minimum atomic E-state index is -0.491. The van der Waals surface area contributed by atoms with Crippen LogP contribution in [0.15, 0.2) is 29.3 Å². The molecule has 1 atom stereocenters. The summed E-state index contributed by atoms with van der Waals surface area (Å²) in [6, 6.07) is 7.42. The number of carbonyl (C=O) groups excluding carboxylic acids is 1. The van der Waals surface area contributed by atoms with Gasteiger partial charge in [0.25, 0.3) is 0 Å². The number of rotatable bonds is 5. The van der Waals surface area contributed by atoms with E-state index in [1.54, 1.807) is 12.0 Å². The van der Waals surface area contributed by atoms with Crippen LogP contribution in [-0.2, 0) is 4.74 Å². The summed E-state index contributed by atoms with van der Waals surface area (Å²) < 4.78 is 16.4. The van der Waals surface area contributed by atoms with Gasteiger partial charge in [-0.15, -0.1) is 24.0 Å².